The van der Waals surface area contributed by atoms with E-state index in [4.69, 9.17) is 11.6 Å². The number of pyridine rings is 1. The van der Waals surface area contributed by atoms with Crippen LogP contribution in [0, 0.1) is 6.92 Å². The lowest BCUT2D eigenvalue weighted by atomic mass is 10.2. The zero-order chi connectivity index (χ0) is 15.7. The SMILES string of the molecule is Cc1ccc2cccc(NS(=O)(=O)c3cccc(Cl)c3)c2n1. The van der Waals surface area contributed by atoms with Crippen LogP contribution in [0.3, 0.4) is 0 Å². The van der Waals surface area contributed by atoms with E-state index in [1.54, 1.807) is 24.3 Å². The van der Waals surface area contributed by atoms with Crippen LogP contribution in [-0.4, -0.2) is 13.4 Å². The third-order valence-electron chi connectivity index (χ3n) is 3.21. The molecule has 2 aromatic carbocycles. The number of halogens is 1. The predicted octanol–water partition coefficient (Wildman–Crippen LogP) is 4.00. The van der Waals surface area contributed by atoms with Crippen LogP contribution in [0.1, 0.15) is 5.69 Å². The molecule has 0 fully saturated rings. The largest absolute Gasteiger partial charge is 0.277 e. The highest BCUT2D eigenvalue weighted by Gasteiger charge is 2.16. The Morgan fingerprint density at radius 3 is 2.59 bits per heavy atom. The van der Waals surface area contributed by atoms with Crippen molar-refractivity contribution < 1.29 is 8.42 Å². The van der Waals surface area contributed by atoms with Gasteiger partial charge in [0.15, 0.2) is 0 Å². The number of hydrogen-bond acceptors (Lipinski definition) is 3. The lowest BCUT2D eigenvalue weighted by Gasteiger charge is -2.11. The second kappa shape index (κ2) is 5.59. The summed E-state index contributed by atoms with van der Waals surface area (Å²) in [6.07, 6.45) is 0. The van der Waals surface area contributed by atoms with Crippen molar-refractivity contribution in [3.8, 4) is 0 Å². The van der Waals surface area contributed by atoms with Crippen LogP contribution in [0.25, 0.3) is 10.9 Å². The fourth-order valence-corrected chi connectivity index (χ4v) is 3.53. The molecule has 1 heterocycles. The molecular weight excluding hydrogens is 320 g/mol. The number of hydrogen-bond donors (Lipinski definition) is 1. The van der Waals surface area contributed by atoms with E-state index in [1.807, 2.05) is 25.1 Å². The van der Waals surface area contributed by atoms with Gasteiger partial charge in [0.25, 0.3) is 10.0 Å². The molecule has 1 N–H and O–H groups in total. The molecule has 0 aliphatic heterocycles. The van der Waals surface area contributed by atoms with Gasteiger partial charge < -0.3 is 0 Å². The van der Waals surface area contributed by atoms with Crippen LogP contribution in [0.15, 0.2) is 59.5 Å². The Morgan fingerprint density at radius 1 is 1.05 bits per heavy atom. The topological polar surface area (TPSA) is 59.1 Å². The summed E-state index contributed by atoms with van der Waals surface area (Å²) in [6, 6.07) is 15.3. The highest BCUT2D eigenvalue weighted by atomic mass is 35.5. The first-order chi connectivity index (χ1) is 10.5. The van der Waals surface area contributed by atoms with Crippen LogP contribution >= 0.6 is 11.6 Å². The lowest BCUT2D eigenvalue weighted by Crippen LogP contribution is -2.13. The Bertz CT molecular complexity index is 955. The van der Waals surface area contributed by atoms with E-state index in [2.05, 4.69) is 9.71 Å². The summed E-state index contributed by atoms with van der Waals surface area (Å²) < 4.78 is 27.6. The first-order valence-corrected chi connectivity index (χ1v) is 8.46. The Hall–Kier alpha value is -2.11. The zero-order valence-electron chi connectivity index (χ0n) is 11.7. The summed E-state index contributed by atoms with van der Waals surface area (Å²) in [6.45, 7) is 1.86. The van der Waals surface area contributed by atoms with Gasteiger partial charge in [0, 0.05) is 16.1 Å². The highest BCUT2D eigenvalue weighted by molar-refractivity contribution is 7.92. The molecule has 0 unspecified atom stereocenters. The van der Waals surface area contributed by atoms with E-state index in [1.165, 1.54) is 12.1 Å². The van der Waals surface area contributed by atoms with E-state index in [0.717, 1.165) is 11.1 Å². The Balaban J connectivity index is 2.08. The molecule has 4 nitrogen and oxygen atoms in total. The van der Waals surface area contributed by atoms with Gasteiger partial charge >= 0.3 is 0 Å². The Kier molecular flexibility index (Phi) is 3.76. The summed E-state index contributed by atoms with van der Waals surface area (Å²) in [5, 5.41) is 1.24. The average Bonchev–Trinajstić information content (AvgIpc) is 2.48. The van der Waals surface area contributed by atoms with Crippen molar-refractivity contribution in [1.29, 1.82) is 0 Å². The molecule has 0 saturated heterocycles. The quantitative estimate of drug-likeness (QED) is 0.788. The number of nitrogens with zero attached hydrogens (tertiary/aromatic N) is 1. The van der Waals surface area contributed by atoms with Gasteiger partial charge in [-0.25, -0.2) is 8.42 Å². The molecule has 0 saturated carbocycles. The fraction of sp³-hybridized carbons (Fsp3) is 0.0625. The Morgan fingerprint density at radius 2 is 1.82 bits per heavy atom. The van der Waals surface area contributed by atoms with Crippen molar-refractivity contribution in [2.24, 2.45) is 0 Å². The smallest absolute Gasteiger partial charge is 0.262 e. The van der Waals surface area contributed by atoms with E-state index in [-0.39, 0.29) is 4.90 Å². The van der Waals surface area contributed by atoms with E-state index < -0.39 is 10.0 Å². The minimum atomic E-state index is -3.71. The van der Waals surface area contributed by atoms with Crippen molar-refractivity contribution in [1.82, 2.24) is 4.98 Å². The molecule has 22 heavy (non-hydrogen) atoms. The Labute approximate surface area is 133 Å². The number of rotatable bonds is 3. The van der Waals surface area contributed by atoms with Gasteiger partial charge in [-0.05, 0) is 37.3 Å². The van der Waals surface area contributed by atoms with Crippen molar-refractivity contribution in [2.45, 2.75) is 11.8 Å². The normalized spacial score (nSPS) is 11.5. The molecule has 0 aliphatic rings. The van der Waals surface area contributed by atoms with Gasteiger partial charge in [0.05, 0.1) is 16.1 Å². The molecule has 3 aromatic rings. The third kappa shape index (κ3) is 2.91. The average molecular weight is 333 g/mol. The van der Waals surface area contributed by atoms with Crippen LogP contribution in [0.2, 0.25) is 5.02 Å². The van der Waals surface area contributed by atoms with Crippen LogP contribution < -0.4 is 4.72 Å². The number of sulfonamides is 1. The van der Waals surface area contributed by atoms with Gasteiger partial charge in [-0.3, -0.25) is 9.71 Å². The summed E-state index contributed by atoms with van der Waals surface area (Å²) in [7, 11) is -3.71. The summed E-state index contributed by atoms with van der Waals surface area (Å²) in [5.74, 6) is 0. The summed E-state index contributed by atoms with van der Waals surface area (Å²) in [5.41, 5.74) is 1.89. The first-order valence-electron chi connectivity index (χ1n) is 6.60. The monoisotopic (exact) mass is 332 g/mol. The molecule has 0 aliphatic carbocycles. The maximum atomic E-state index is 12.5. The van der Waals surface area contributed by atoms with Crippen LogP contribution in [-0.2, 0) is 10.0 Å². The minimum absolute atomic E-state index is 0.115. The summed E-state index contributed by atoms with van der Waals surface area (Å²) in [4.78, 5) is 4.53. The van der Waals surface area contributed by atoms with E-state index in [9.17, 15) is 8.42 Å². The predicted molar refractivity (Wildman–Crippen MR) is 88.7 cm³/mol. The molecule has 0 amide bonds. The number of para-hydroxylation sites is 1. The van der Waals surface area contributed by atoms with E-state index >= 15 is 0 Å². The maximum absolute atomic E-state index is 12.5. The molecule has 0 atom stereocenters. The van der Waals surface area contributed by atoms with Crippen molar-refractivity contribution in [2.75, 3.05) is 4.72 Å². The number of aryl methyl sites for hydroxylation is 1. The molecule has 0 bridgehead atoms. The van der Waals surface area contributed by atoms with Crippen LogP contribution in [0.5, 0.6) is 0 Å². The molecule has 3 rings (SSSR count). The van der Waals surface area contributed by atoms with Gasteiger partial charge in [-0.15, -0.1) is 0 Å². The number of fused-ring (bicyclic) bond motifs is 1. The second-order valence-electron chi connectivity index (χ2n) is 4.89. The van der Waals surface area contributed by atoms with E-state index in [0.29, 0.717) is 16.2 Å². The fourth-order valence-electron chi connectivity index (χ4n) is 2.16. The number of aromatic nitrogens is 1. The number of anilines is 1. The van der Waals surface area contributed by atoms with Crippen molar-refractivity contribution >= 4 is 38.2 Å². The van der Waals surface area contributed by atoms with Crippen molar-refractivity contribution in [3.63, 3.8) is 0 Å². The molecule has 1 aromatic heterocycles. The van der Waals surface area contributed by atoms with Crippen molar-refractivity contribution in [3.05, 3.63) is 65.3 Å². The molecule has 6 heteroatoms. The first kappa shape index (κ1) is 14.8. The number of benzene rings is 2. The third-order valence-corrected chi connectivity index (χ3v) is 4.81. The molecule has 112 valence electrons. The van der Waals surface area contributed by atoms with Gasteiger partial charge in [-0.1, -0.05) is 35.9 Å². The molecule has 0 spiro atoms. The lowest BCUT2D eigenvalue weighted by molar-refractivity contribution is 0.601. The number of nitrogens with one attached hydrogen (secondary N) is 1. The second-order valence-corrected chi connectivity index (χ2v) is 7.01. The molecule has 0 radical (unpaired) electrons. The molecular formula is C16H13ClN2O2S. The van der Waals surface area contributed by atoms with Gasteiger partial charge in [0.1, 0.15) is 0 Å². The minimum Gasteiger partial charge on any atom is -0.277 e. The standard InChI is InChI=1S/C16H13ClN2O2S/c1-11-8-9-12-4-2-7-15(16(12)18-11)19-22(20,21)14-6-3-5-13(17)10-14/h2-10,19H,1H3. The van der Waals surface area contributed by atoms with Gasteiger partial charge in [-0.2, -0.15) is 0 Å². The maximum Gasteiger partial charge on any atom is 0.262 e. The van der Waals surface area contributed by atoms with Gasteiger partial charge in [0.2, 0.25) is 0 Å². The summed E-state index contributed by atoms with van der Waals surface area (Å²) >= 11 is 5.87. The zero-order valence-corrected chi connectivity index (χ0v) is 13.3. The van der Waals surface area contributed by atoms with Crippen LogP contribution in [0.4, 0.5) is 5.69 Å². The highest BCUT2D eigenvalue weighted by Crippen LogP contribution is 2.25.